The maximum atomic E-state index is 12.6. The number of carbonyl (C=O) groups is 3. The fourth-order valence-electron chi connectivity index (χ4n) is 4.60. The van der Waals surface area contributed by atoms with Gasteiger partial charge in [0.05, 0.1) is 12.8 Å². The predicted octanol–water partition coefficient (Wildman–Crippen LogP) is 5.01. The summed E-state index contributed by atoms with van der Waals surface area (Å²) in [6.07, 6.45) is 1.28. The minimum atomic E-state index is -0.745. The van der Waals surface area contributed by atoms with E-state index in [0.717, 1.165) is 16.3 Å². The number of aromatic hydroxyl groups is 1. The first kappa shape index (κ1) is 37.7. The van der Waals surface area contributed by atoms with E-state index in [-0.39, 0.29) is 42.2 Å². The number of rotatable bonds is 9. The first-order valence-corrected chi connectivity index (χ1v) is 15.3. The monoisotopic (exact) mass is 671 g/mol. The quantitative estimate of drug-likeness (QED) is 0.0305. The average molecular weight is 672 g/mol. The number of nitrogen functional groups attached to an aromatic ring is 1. The van der Waals surface area contributed by atoms with Crippen molar-refractivity contribution >= 4 is 40.1 Å². The zero-order chi connectivity index (χ0) is 36.1. The summed E-state index contributed by atoms with van der Waals surface area (Å²) in [5.41, 5.74) is 14.9. The van der Waals surface area contributed by atoms with Crippen LogP contribution in [0.2, 0.25) is 0 Å². The van der Waals surface area contributed by atoms with Crippen LogP contribution in [-0.2, 0) is 14.3 Å². The summed E-state index contributed by atoms with van der Waals surface area (Å²) >= 11 is 0. The summed E-state index contributed by atoms with van der Waals surface area (Å²) in [7, 11) is 1.48. The highest BCUT2D eigenvalue weighted by atomic mass is 16.5. The van der Waals surface area contributed by atoms with Crippen LogP contribution < -0.4 is 28.1 Å². The topological polar surface area (TPSA) is 224 Å². The lowest BCUT2D eigenvalue weighted by Gasteiger charge is -2.18. The van der Waals surface area contributed by atoms with Crippen molar-refractivity contribution in [3.8, 4) is 28.2 Å². The Morgan fingerprint density at radius 1 is 0.980 bits per heavy atom. The van der Waals surface area contributed by atoms with E-state index in [9.17, 15) is 24.3 Å². The van der Waals surface area contributed by atoms with Gasteiger partial charge in [-0.2, -0.15) is 0 Å². The van der Waals surface area contributed by atoms with Gasteiger partial charge in [0.2, 0.25) is 5.91 Å². The second-order valence-electron chi connectivity index (χ2n) is 10.9. The van der Waals surface area contributed by atoms with E-state index in [1.807, 2.05) is 19.1 Å². The highest BCUT2D eigenvalue weighted by molar-refractivity contribution is 6.09. The molecule has 49 heavy (non-hydrogen) atoms. The van der Waals surface area contributed by atoms with Gasteiger partial charge in [-0.3, -0.25) is 24.2 Å². The zero-order valence-electron chi connectivity index (χ0n) is 27.5. The second kappa shape index (κ2) is 18.0. The van der Waals surface area contributed by atoms with Gasteiger partial charge in [-0.05, 0) is 73.5 Å². The number of phenolic OH excluding ortho intramolecular Hbond substituents is 1. The normalized spacial score (nSPS) is 11.0. The molecule has 5 rings (SSSR count). The van der Waals surface area contributed by atoms with Gasteiger partial charge in [0.1, 0.15) is 17.1 Å². The van der Waals surface area contributed by atoms with E-state index in [1.54, 1.807) is 61.5 Å². The molecule has 9 N–H and O–H groups in total. The third-order valence-electron chi connectivity index (χ3n) is 7.08. The molecule has 3 aromatic rings. The molecule has 13 nitrogen and oxygen atoms in total. The molecule has 1 aliphatic heterocycles. The number of aliphatic carboxylic acids is 1. The molecule has 0 saturated carbocycles. The Morgan fingerprint density at radius 2 is 1.65 bits per heavy atom. The minimum absolute atomic E-state index is 0.00262. The minimum Gasteiger partial charge on any atom is -0.508 e. The van der Waals surface area contributed by atoms with Crippen LogP contribution in [0.1, 0.15) is 43.5 Å². The standard InChI is InChI=1S/C21H16N2O4.C12H19N3O2.C3H6O2/c1-23(22)21(26)15-5-3-2-4-14(15)20-16-8-6-12(24)10-18(16)27-19-11-13(25)7-9-17(19)20;1-9(17-8-13)2-7-12(16)15-11-5-3-10(14)4-6-11;1-2-3(4)5/h2-11,24H,22H2,1H3;3-6,9H,2,7-8,13-14H2,1H3,(H,15,16);2H2,1H3,(H,4,5). The number of amides is 2. The number of phenols is 1. The number of nitrogens with zero attached hydrogens (tertiary/aromatic N) is 1. The van der Waals surface area contributed by atoms with Crippen LogP contribution in [0.4, 0.5) is 11.4 Å². The van der Waals surface area contributed by atoms with Crippen LogP contribution in [0.5, 0.6) is 5.75 Å². The molecule has 1 atom stereocenters. The number of hydrogen-bond donors (Lipinski definition) is 6. The molecule has 2 amide bonds. The summed E-state index contributed by atoms with van der Waals surface area (Å²) < 4.78 is 11.0. The Bertz CT molecular complexity index is 1910. The number of carboxylic acid groups (broad SMARTS) is 1. The van der Waals surface area contributed by atoms with Crippen LogP contribution >= 0.6 is 0 Å². The SMILES string of the molecule is CC(CCC(=O)Nc1ccc(N)cc1)OCN.CCC(=O)O.CN(N)C(=O)c1ccccc1-c1c2ccc(=O)cc-2oc2cc(O)ccc12. The molecule has 0 aromatic heterocycles. The molecule has 13 heteroatoms. The summed E-state index contributed by atoms with van der Waals surface area (Å²) in [6.45, 7) is 3.67. The van der Waals surface area contributed by atoms with Crippen molar-refractivity contribution < 1.29 is 33.8 Å². The molecule has 1 heterocycles. The molecule has 0 spiro atoms. The fraction of sp³-hybridized carbons (Fsp3) is 0.222. The highest BCUT2D eigenvalue weighted by Gasteiger charge is 2.22. The molecule has 2 aliphatic rings. The number of anilines is 2. The summed E-state index contributed by atoms with van der Waals surface area (Å²) in [5.74, 6) is 4.96. The van der Waals surface area contributed by atoms with Gasteiger partial charge < -0.3 is 36.2 Å². The zero-order valence-corrected chi connectivity index (χ0v) is 27.5. The van der Waals surface area contributed by atoms with E-state index in [0.29, 0.717) is 51.9 Å². The van der Waals surface area contributed by atoms with Gasteiger partial charge in [-0.1, -0.05) is 25.1 Å². The predicted molar refractivity (Wildman–Crippen MR) is 189 cm³/mol. The number of nitrogens with one attached hydrogen (secondary N) is 1. The molecule has 258 valence electrons. The third-order valence-corrected chi connectivity index (χ3v) is 7.08. The third kappa shape index (κ3) is 10.9. The average Bonchev–Trinajstić information content (AvgIpc) is 3.07. The van der Waals surface area contributed by atoms with Crippen molar-refractivity contribution in [2.45, 2.75) is 39.2 Å². The molecule has 0 bridgehead atoms. The highest BCUT2D eigenvalue weighted by Crippen LogP contribution is 2.41. The van der Waals surface area contributed by atoms with Gasteiger partial charge in [0.15, 0.2) is 5.43 Å². The number of benzene rings is 4. The molecule has 0 radical (unpaired) electrons. The molecule has 3 aromatic carbocycles. The number of ether oxygens (including phenoxy) is 1. The van der Waals surface area contributed by atoms with Crippen molar-refractivity contribution in [1.82, 2.24) is 5.01 Å². The van der Waals surface area contributed by atoms with Crippen molar-refractivity contribution in [1.29, 1.82) is 0 Å². The van der Waals surface area contributed by atoms with Gasteiger partial charge in [0, 0.05) is 65.5 Å². The number of hydrazine groups is 1. The van der Waals surface area contributed by atoms with Crippen molar-refractivity contribution in [3.63, 3.8) is 0 Å². The molecular weight excluding hydrogens is 630 g/mol. The Morgan fingerprint density at radius 3 is 2.29 bits per heavy atom. The first-order valence-electron chi connectivity index (χ1n) is 15.3. The molecular formula is C36H41N5O8. The van der Waals surface area contributed by atoms with Crippen LogP contribution in [0.15, 0.2) is 94.1 Å². The van der Waals surface area contributed by atoms with Gasteiger partial charge >= 0.3 is 5.97 Å². The van der Waals surface area contributed by atoms with E-state index in [4.69, 9.17) is 31.6 Å². The fourth-order valence-corrected chi connectivity index (χ4v) is 4.60. The number of nitrogens with two attached hydrogens (primary N) is 3. The van der Waals surface area contributed by atoms with E-state index in [2.05, 4.69) is 5.32 Å². The van der Waals surface area contributed by atoms with Gasteiger partial charge in [0.25, 0.3) is 5.91 Å². The number of fused-ring (bicyclic) bond motifs is 2. The van der Waals surface area contributed by atoms with Crippen LogP contribution in [0.25, 0.3) is 33.4 Å². The van der Waals surface area contributed by atoms with Crippen molar-refractivity contribution in [2.24, 2.45) is 11.6 Å². The Hall–Kier alpha value is -5.76. The van der Waals surface area contributed by atoms with Crippen LogP contribution in [0.3, 0.4) is 0 Å². The van der Waals surface area contributed by atoms with Crippen LogP contribution in [0, 0.1) is 0 Å². The van der Waals surface area contributed by atoms with Gasteiger partial charge in [-0.15, -0.1) is 0 Å². The molecule has 1 unspecified atom stereocenters. The Balaban J connectivity index is 0.000000253. The number of carbonyl (C=O) groups excluding carboxylic acids is 2. The number of hydrogen-bond acceptors (Lipinski definition) is 10. The maximum absolute atomic E-state index is 12.6. The van der Waals surface area contributed by atoms with Crippen molar-refractivity contribution in [2.75, 3.05) is 24.8 Å². The van der Waals surface area contributed by atoms with E-state index >= 15 is 0 Å². The summed E-state index contributed by atoms with van der Waals surface area (Å²) in [5, 5.41) is 22.1. The van der Waals surface area contributed by atoms with Crippen molar-refractivity contribution in [3.05, 3.63) is 101 Å². The van der Waals surface area contributed by atoms with E-state index in [1.165, 1.54) is 25.2 Å². The first-order chi connectivity index (χ1) is 23.3. The largest absolute Gasteiger partial charge is 0.508 e. The molecule has 1 aliphatic carbocycles. The Kier molecular flexibility index (Phi) is 13.8. The number of carboxylic acids is 1. The molecule has 0 saturated heterocycles. The van der Waals surface area contributed by atoms with E-state index < -0.39 is 5.97 Å². The lowest BCUT2D eigenvalue weighted by Crippen LogP contribution is -2.33. The lowest BCUT2D eigenvalue weighted by molar-refractivity contribution is -0.136. The summed E-state index contributed by atoms with van der Waals surface area (Å²) in [4.78, 5) is 45.4. The molecule has 0 fully saturated rings. The Labute approximate surface area is 283 Å². The second-order valence-corrected chi connectivity index (χ2v) is 10.9. The lowest BCUT2D eigenvalue weighted by atomic mass is 9.90. The summed E-state index contributed by atoms with van der Waals surface area (Å²) in [6, 6.07) is 23.4. The maximum Gasteiger partial charge on any atom is 0.303 e. The van der Waals surface area contributed by atoms with Gasteiger partial charge in [-0.25, -0.2) is 5.84 Å². The van der Waals surface area contributed by atoms with Crippen LogP contribution in [-0.4, -0.2) is 52.9 Å². The smallest absolute Gasteiger partial charge is 0.303 e.